The molecule has 0 radical (unpaired) electrons. The summed E-state index contributed by atoms with van der Waals surface area (Å²) in [7, 11) is 0. The van der Waals surface area contributed by atoms with Crippen molar-refractivity contribution in [1.82, 2.24) is 14.1 Å². The predicted molar refractivity (Wildman–Crippen MR) is 216 cm³/mol. The van der Waals surface area contributed by atoms with Gasteiger partial charge in [-0.15, -0.1) is 11.3 Å². The summed E-state index contributed by atoms with van der Waals surface area (Å²) in [5.41, 5.74) is 11.9. The van der Waals surface area contributed by atoms with Crippen LogP contribution in [0.15, 0.2) is 164 Å². The first-order valence-electron chi connectivity index (χ1n) is 17.4. The molecule has 0 N–H and O–H groups in total. The summed E-state index contributed by atoms with van der Waals surface area (Å²) < 4.78 is 4.97. The number of hydrogen-bond acceptors (Lipinski definition) is 2. The van der Waals surface area contributed by atoms with Gasteiger partial charge in [-0.1, -0.05) is 127 Å². The van der Waals surface area contributed by atoms with Crippen molar-refractivity contribution < 1.29 is 0 Å². The summed E-state index contributed by atoms with van der Waals surface area (Å²) in [5, 5.41) is 11.1. The molecule has 0 saturated carbocycles. The van der Waals surface area contributed by atoms with Crippen LogP contribution in [-0.2, 0) is 0 Å². The number of benzene rings is 8. The van der Waals surface area contributed by atoms with Crippen molar-refractivity contribution in [3.05, 3.63) is 164 Å². The van der Waals surface area contributed by atoms with Crippen LogP contribution in [0.25, 0.3) is 109 Å². The Labute approximate surface area is 296 Å². The molecule has 0 spiro atoms. The van der Waals surface area contributed by atoms with Crippen LogP contribution in [0, 0.1) is 0 Å². The van der Waals surface area contributed by atoms with Crippen molar-refractivity contribution in [2.75, 3.05) is 0 Å². The minimum absolute atomic E-state index is 1.05. The van der Waals surface area contributed by atoms with Crippen LogP contribution in [0.4, 0.5) is 0 Å². The van der Waals surface area contributed by atoms with Gasteiger partial charge in [0, 0.05) is 54.7 Å². The van der Waals surface area contributed by atoms with E-state index in [0.29, 0.717) is 0 Å². The molecule has 3 heterocycles. The molecular weight excluding hydrogens is 639 g/mol. The van der Waals surface area contributed by atoms with Crippen LogP contribution >= 0.6 is 11.3 Å². The van der Waals surface area contributed by atoms with E-state index in [9.17, 15) is 0 Å². The molecular formula is C47H27N3S. The molecule has 12 rings (SSSR count). The minimum atomic E-state index is 1.05. The quantitative estimate of drug-likeness (QED) is 0.172. The maximum atomic E-state index is 5.47. The zero-order valence-electron chi connectivity index (χ0n) is 27.3. The smallest absolute Gasteiger partial charge is 0.124 e. The van der Waals surface area contributed by atoms with E-state index in [1.807, 2.05) is 0 Å². The number of aromatic nitrogens is 3. The summed E-state index contributed by atoms with van der Waals surface area (Å²) in [6, 6.07) is 59.7. The van der Waals surface area contributed by atoms with E-state index in [1.54, 1.807) is 11.3 Å². The molecule has 0 amide bonds. The molecule has 11 aromatic rings. The summed E-state index contributed by atoms with van der Waals surface area (Å²) in [4.78, 5) is 6.72. The van der Waals surface area contributed by atoms with Gasteiger partial charge in [-0.25, -0.2) is 4.98 Å². The van der Waals surface area contributed by atoms with Gasteiger partial charge in [-0.2, -0.15) is 0 Å². The molecule has 0 aliphatic heterocycles. The maximum absolute atomic E-state index is 5.47. The van der Waals surface area contributed by atoms with E-state index in [2.05, 4.69) is 173 Å². The lowest BCUT2D eigenvalue weighted by Gasteiger charge is -2.18. The van der Waals surface area contributed by atoms with Crippen LogP contribution in [0.3, 0.4) is 0 Å². The molecule has 236 valence electrons. The van der Waals surface area contributed by atoms with Gasteiger partial charge in [-0.3, -0.25) is 0 Å². The fraction of sp³-hybridized carbons (Fsp3) is 0. The van der Waals surface area contributed by atoms with Crippen LogP contribution in [0.5, 0.6) is 0 Å². The van der Waals surface area contributed by atoms with Gasteiger partial charge in [0.25, 0.3) is 0 Å². The fourth-order valence-electron chi connectivity index (χ4n) is 8.78. The summed E-state index contributed by atoms with van der Waals surface area (Å²) in [6.45, 7) is 0. The van der Waals surface area contributed by atoms with Crippen molar-refractivity contribution in [3.8, 4) is 43.6 Å². The first-order valence-corrected chi connectivity index (χ1v) is 18.2. The molecule has 3 nitrogen and oxygen atoms in total. The zero-order valence-corrected chi connectivity index (χ0v) is 28.2. The number of para-hydroxylation sites is 3. The molecule has 1 aliphatic carbocycles. The Balaban J connectivity index is 1.28. The third-order valence-electron chi connectivity index (χ3n) is 10.9. The highest BCUT2D eigenvalue weighted by atomic mass is 32.1. The highest BCUT2D eigenvalue weighted by Crippen LogP contribution is 2.56. The summed E-state index contributed by atoms with van der Waals surface area (Å²) >= 11 is 1.80. The summed E-state index contributed by atoms with van der Waals surface area (Å²) in [5.74, 6) is 0. The molecule has 51 heavy (non-hydrogen) atoms. The van der Waals surface area contributed by atoms with Gasteiger partial charge >= 0.3 is 0 Å². The number of hydrogen-bond donors (Lipinski definition) is 0. The minimum Gasteiger partial charge on any atom is -0.309 e. The van der Waals surface area contributed by atoms with E-state index >= 15 is 0 Å². The van der Waals surface area contributed by atoms with Crippen molar-refractivity contribution in [2.24, 2.45) is 0 Å². The Morgan fingerprint density at radius 3 is 1.76 bits per heavy atom. The Hall–Kier alpha value is -6.49. The highest BCUT2D eigenvalue weighted by molar-refractivity contribution is 7.19. The Bertz CT molecular complexity index is 3240. The zero-order chi connectivity index (χ0) is 33.2. The largest absolute Gasteiger partial charge is 0.309 e. The second kappa shape index (κ2) is 10.0. The first kappa shape index (κ1) is 27.3. The normalized spacial score (nSPS) is 12.3. The Kier molecular flexibility index (Phi) is 5.38. The second-order valence-electron chi connectivity index (χ2n) is 13.5. The number of nitrogens with zero attached hydrogens (tertiary/aromatic N) is 3. The second-order valence-corrected chi connectivity index (χ2v) is 14.5. The van der Waals surface area contributed by atoms with Crippen LogP contribution in [0.2, 0.25) is 0 Å². The summed E-state index contributed by atoms with van der Waals surface area (Å²) in [6.07, 6.45) is 0. The molecule has 0 bridgehead atoms. The lowest BCUT2D eigenvalue weighted by molar-refractivity contribution is 1.17. The Morgan fingerprint density at radius 1 is 0.431 bits per heavy atom. The van der Waals surface area contributed by atoms with Gasteiger partial charge in [-0.05, 0) is 47.2 Å². The number of fused-ring (bicyclic) bond motifs is 11. The van der Waals surface area contributed by atoms with E-state index in [4.69, 9.17) is 4.98 Å². The molecule has 8 aromatic carbocycles. The number of rotatable bonds is 3. The average Bonchev–Trinajstić information content (AvgIpc) is 3.94. The molecule has 3 aromatic heterocycles. The van der Waals surface area contributed by atoms with E-state index in [1.165, 1.54) is 86.8 Å². The van der Waals surface area contributed by atoms with Gasteiger partial charge in [0.15, 0.2) is 0 Å². The fourth-order valence-corrected chi connectivity index (χ4v) is 9.89. The van der Waals surface area contributed by atoms with Crippen molar-refractivity contribution in [2.45, 2.75) is 0 Å². The third kappa shape index (κ3) is 3.59. The van der Waals surface area contributed by atoms with E-state index in [0.717, 1.165) is 22.0 Å². The lowest BCUT2D eigenvalue weighted by Crippen LogP contribution is -2.00. The standard InChI is InChI=1S/C47H27N3S/c1-3-14-28(15-4-1)47-48-44-43-42-33(22-13-23-35(42)46(44)51-47)30-18-7-8-21-34(30)45(43)50-39-25-12-10-20-32(39)37-26-36-31-19-9-11-24-38(31)49(40(36)27-41(37)50)29-16-5-2-6-17-29/h1-27H. The van der Waals surface area contributed by atoms with Crippen LogP contribution < -0.4 is 0 Å². The van der Waals surface area contributed by atoms with Crippen molar-refractivity contribution >= 4 is 76.5 Å². The van der Waals surface area contributed by atoms with Crippen LogP contribution in [0.1, 0.15) is 0 Å². The molecule has 1 aliphatic rings. The Morgan fingerprint density at radius 2 is 1.02 bits per heavy atom. The molecule has 4 heteroatoms. The van der Waals surface area contributed by atoms with E-state index < -0.39 is 0 Å². The van der Waals surface area contributed by atoms with E-state index in [-0.39, 0.29) is 0 Å². The highest BCUT2D eigenvalue weighted by Gasteiger charge is 2.32. The first-order chi connectivity index (χ1) is 25.3. The molecule has 0 atom stereocenters. The van der Waals surface area contributed by atoms with Gasteiger partial charge in [0.1, 0.15) is 5.01 Å². The third-order valence-corrected chi connectivity index (χ3v) is 12.0. The van der Waals surface area contributed by atoms with Gasteiger partial charge in [0.2, 0.25) is 0 Å². The molecule has 0 saturated heterocycles. The average molecular weight is 666 g/mol. The maximum Gasteiger partial charge on any atom is 0.124 e. The van der Waals surface area contributed by atoms with Crippen molar-refractivity contribution in [1.29, 1.82) is 0 Å². The molecule has 0 fully saturated rings. The topological polar surface area (TPSA) is 22.8 Å². The SMILES string of the molecule is c1ccc(-c2nc3c(s2)-c2cccc4c2c-3c(-n2c3ccccc3c3cc5c6ccccc6n(-c6ccccc6)c5cc32)c2ccccc24)cc1. The lowest BCUT2D eigenvalue weighted by atomic mass is 9.94. The van der Waals surface area contributed by atoms with Gasteiger partial charge < -0.3 is 9.13 Å². The predicted octanol–water partition coefficient (Wildman–Crippen LogP) is 13.0. The van der Waals surface area contributed by atoms with Gasteiger partial charge in [0.05, 0.1) is 38.3 Å². The van der Waals surface area contributed by atoms with Crippen molar-refractivity contribution in [3.63, 3.8) is 0 Å². The number of thiazole rings is 1. The molecule has 0 unspecified atom stereocenters. The monoisotopic (exact) mass is 665 g/mol. The van der Waals surface area contributed by atoms with Crippen LogP contribution in [-0.4, -0.2) is 14.1 Å².